The minimum absolute atomic E-state index is 0.0896. The third-order valence-electron chi connectivity index (χ3n) is 3.51. The van der Waals surface area contributed by atoms with Crippen LogP contribution in [0.25, 0.3) is 0 Å². The minimum atomic E-state index is -0.0896. The van der Waals surface area contributed by atoms with Crippen molar-refractivity contribution >= 4 is 33.7 Å². The van der Waals surface area contributed by atoms with Gasteiger partial charge in [0.25, 0.3) is 0 Å². The number of benzene rings is 1. The number of carbonyl (C=O) groups excluding carboxylic acids is 1. The average Bonchev–Trinajstić information content (AvgIpc) is 2.71. The van der Waals surface area contributed by atoms with Crippen LogP contribution in [0.1, 0.15) is 30.9 Å². The van der Waals surface area contributed by atoms with Crippen molar-refractivity contribution in [3.05, 3.63) is 27.7 Å². The molecule has 0 saturated heterocycles. The summed E-state index contributed by atoms with van der Waals surface area (Å²) in [4.78, 5) is 12.7. The molecule has 2 rings (SSSR count). The highest BCUT2D eigenvalue weighted by Crippen LogP contribution is 2.34. The van der Waals surface area contributed by atoms with Crippen molar-refractivity contribution in [3.63, 3.8) is 0 Å². The summed E-state index contributed by atoms with van der Waals surface area (Å²) in [5.74, 6) is 0.856. The number of hydrogen-bond acceptors (Lipinski definition) is 4. The molecular weight excluding hydrogens is 350 g/mol. The molecule has 5 heteroatoms. The number of thioether (sulfide) groups is 1. The maximum Gasteiger partial charge on any atom is 0.305 e. The van der Waals surface area contributed by atoms with Crippen molar-refractivity contribution in [3.8, 4) is 0 Å². The van der Waals surface area contributed by atoms with E-state index in [0.717, 1.165) is 38.1 Å². The Morgan fingerprint density at radius 2 is 2.19 bits per heavy atom. The average molecular weight is 372 g/mol. The Morgan fingerprint density at radius 1 is 1.38 bits per heavy atom. The Hall–Kier alpha value is -0.520. The smallest absolute Gasteiger partial charge is 0.305 e. The molecule has 0 spiro atoms. The minimum Gasteiger partial charge on any atom is -0.466 e. The molecule has 0 atom stereocenters. The standard InChI is InChI=1S/C16H22BrNO2S/c1-2-20-15(19)4-3-11-21-16-13-8-10-18-9-7-12(13)5-6-14(16)17/h5-6,18H,2-4,7-11H2,1H3. The van der Waals surface area contributed by atoms with E-state index in [1.807, 2.05) is 18.7 Å². The molecule has 0 bridgehead atoms. The van der Waals surface area contributed by atoms with Crippen LogP contribution < -0.4 is 5.32 Å². The van der Waals surface area contributed by atoms with E-state index in [4.69, 9.17) is 4.74 Å². The Kier molecular flexibility index (Phi) is 7.07. The highest BCUT2D eigenvalue weighted by molar-refractivity contribution is 9.10. The summed E-state index contributed by atoms with van der Waals surface area (Å²) in [5, 5.41) is 3.45. The zero-order valence-electron chi connectivity index (χ0n) is 12.4. The van der Waals surface area contributed by atoms with Crippen LogP contribution in [0, 0.1) is 0 Å². The van der Waals surface area contributed by atoms with Crippen LogP contribution in [0.5, 0.6) is 0 Å². The monoisotopic (exact) mass is 371 g/mol. The molecule has 21 heavy (non-hydrogen) atoms. The third kappa shape index (κ3) is 5.01. The molecule has 0 aliphatic carbocycles. The summed E-state index contributed by atoms with van der Waals surface area (Å²) in [6, 6.07) is 4.38. The number of esters is 1. The maximum atomic E-state index is 11.4. The van der Waals surface area contributed by atoms with Gasteiger partial charge in [-0.25, -0.2) is 0 Å². The molecule has 1 heterocycles. The second kappa shape index (κ2) is 8.81. The molecule has 0 fully saturated rings. The van der Waals surface area contributed by atoms with Crippen LogP contribution in [-0.4, -0.2) is 31.4 Å². The summed E-state index contributed by atoms with van der Waals surface area (Å²) in [6.07, 6.45) is 3.54. The lowest BCUT2D eigenvalue weighted by Gasteiger charge is -2.14. The van der Waals surface area contributed by atoms with Crippen LogP contribution in [0.4, 0.5) is 0 Å². The molecule has 1 N–H and O–H groups in total. The van der Waals surface area contributed by atoms with Crippen LogP contribution in [0.2, 0.25) is 0 Å². The van der Waals surface area contributed by atoms with Gasteiger partial charge >= 0.3 is 5.97 Å². The van der Waals surface area contributed by atoms with Gasteiger partial charge in [0.2, 0.25) is 0 Å². The van der Waals surface area contributed by atoms with E-state index in [1.165, 1.54) is 20.5 Å². The van der Waals surface area contributed by atoms with Crippen molar-refractivity contribution in [2.24, 2.45) is 0 Å². The third-order valence-corrected chi connectivity index (χ3v) is 5.68. The van der Waals surface area contributed by atoms with Crippen molar-refractivity contribution in [2.75, 3.05) is 25.4 Å². The molecule has 1 aliphatic heterocycles. The van der Waals surface area contributed by atoms with Crippen LogP contribution >= 0.6 is 27.7 Å². The molecule has 1 aliphatic rings. The highest BCUT2D eigenvalue weighted by Gasteiger charge is 2.15. The van der Waals surface area contributed by atoms with E-state index in [0.29, 0.717) is 13.0 Å². The van der Waals surface area contributed by atoms with Gasteiger partial charge in [-0.15, -0.1) is 11.8 Å². The van der Waals surface area contributed by atoms with Gasteiger partial charge in [0.1, 0.15) is 0 Å². The zero-order valence-corrected chi connectivity index (χ0v) is 14.8. The van der Waals surface area contributed by atoms with Gasteiger partial charge < -0.3 is 10.1 Å². The molecule has 1 aromatic rings. The number of ether oxygens (including phenoxy) is 1. The lowest BCUT2D eigenvalue weighted by Crippen LogP contribution is -2.16. The molecule has 0 radical (unpaired) electrons. The van der Waals surface area contributed by atoms with Crippen LogP contribution in [0.15, 0.2) is 21.5 Å². The van der Waals surface area contributed by atoms with Crippen molar-refractivity contribution in [1.82, 2.24) is 5.32 Å². The first-order valence-electron chi connectivity index (χ1n) is 7.51. The largest absolute Gasteiger partial charge is 0.466 e. The van der Waals surface area contributed by atoms with E-state index in [2.05, 4.69) is 33.4 Å². The van der Waals surface area contributed by atoms with Gasteiger partial charge in [0.15, 0.2) is 0 Å². The van der Waals surface area contributed by atoms with E-state index >= 15 is 0 Å². The van der Waals surface area contributed by atoms with E-state index < -0.39 is 0 Å². The normalized spacial score (nSPS) is 14.4. The first-order chi connectivity index (χ1) is 10.2. The van der Waals surface area contributed by atoms with Crippen LogP contribution in [0.3, 0.4) is 0 Å². The Balaban J connectivity index is 1.95. The molecule has 0 unspecified atom stereocenters. The second-order valence-corrected chi connectivity index (χ2v) is 6.98. The fourth-order valence-corrected chi connectivity index (χ4v) is 4.31. The lowest BCUT2D eigenvalue weighted by molar-refractivity contribution is -0.143. The molecule has 1 aromatic carbocycles. The first kappa shape index (κ1) is 16.8. The Labute approximate surface area is 139 Å². The van der Waals surface area contributed by atoms with Crippen molar-refractivity contribution < 1.29 is 9.53 Å². The van der Waals surface area contributed by atoms with Gasteiger partial charge in [-0.1, -0.05) is 6.07 Å². The number of carbonyl (C=O) groups is 1. The quantitative estimate of drug-likeness (QED) is 0.471. The fourth-order valence-electron chi connectivity index (χ4n) is 2.49. The number of rotatable bonds is 6. The van der Waals surface area contributed by atoms with E-state index in [9.17, 15) is 4.79 Å². The molecule has 0 amide bonds. The van der Waals surface area contributed by atoms with Gasteiger partial charge in [0, 0.05) is 15.8 Å². The van der Waals surface area contributed by atoms with E-state index in [-0.39, 0.29) is 5.97 Å². The summed E-state index contributed by atoms with van der Waals surface area (Å²) in [6.45, 7) is 4.41. The molecular formula is C16H22BrNO2S. The summed E-state index contributed by atoms with van der Waals surface area (Å²) in [5.41, 5.74) is 2.92. The SMILES string of the molecule is CCOC(=O)CCCSc1c(Br)ccc2c1CCNCC2. The fraction of sp³-hybridized carbons (Fsp3) is 0.562. The molecule has 0 saturated carbocycles. The number of nitrogens with one attached hydrogen (secondary N) is 1. The van der Waals surface area contributed by atoms with Crippen LogP contribution in [-0.2, 0) is 22.4 Å². The van der Waals surface area contributed by atoms with E-state index in [1.54, 1.807) is 0 Å². The Bertz CT molecular complexity index is 493. The van der Waals surface area contributed by atoms with Gasteiger partial charge in [-0.05, 0) is 78.2 Å². The maximum absolute atomic E-state index is 11.4. The molecule has 116 valence electrons. The predicted octanol–water partition coefficient (Wildman–Crippen LogP) is 3.57. The topological polar surface area (TPSA) is 38.3 Å². The molecule has 0 aromatic heterocycles. The highest BCUT2D eigenvalue weighted by atomic mass is 79.9. The van der Waals surface area contributed by atoms with Gasteiger partial charge in [-0.3, -0.25) is 4.79 Å². The van der Waals surface area contributed by atoms with Crippen molar-refractivity contribution in [1.29, 1.82) is 0 Å². The van der Waals surface area contributed by atoms with Crippen molar-refractivity contribution in [2.45, 2.75) is 37.5 Å². The summed E-state index contributed by atoms with van der Waals surface area (Å²) < 4.78 is 6.13. The lowest BCUT2D eigenvalue weighted by atomic mass is 10.0. The number of hydrogen-bond donors (Lipinski definition) is 1. The Morgan fingerprint density at radius 3 is 3.00 bits per heavy atom. The zero-order chi connectivity index (χ0) is 15.1. The summed E-state index contributed by atoms with van der Waals surface area (Å²) in [7, 11) is 0. The number of halogens is 1. The number of fused-ring (bicyclic) bond motifs is 1. The molecule has 3 nitrogen and oxygen atoms in total. The predicted molar refractivity (Wildman–Crippen MR) is 91.0 cm³/mol. The first-order valence-corrected chi connectivity index (χ1v) is 9.29. The second-order valence-electron chi connectivity index (χ2n) is 5.02. The van der Waals surface area contributed by atoms with Gasteiger partial charge in [0.05, 0.1) is 6.61 Å². The van der Waals surface area contributed by atoms with Gasteiger partial charge in [-0.2, -0.15) is 0 Å². The summed E-state index contributed by atoms with van der Waals surface area (Å²) >= 11 is 5.52.